The standard InChI is InChI=1S/C19H28N2O4/c1-5-13-25-18(23)21-19(24,14(2)3)17(22)20-15(4)11-12-16-9-7-6-8-10-16/h5-10,14-15,24H,1,11-13H2,2-4H3,(H,20,22)(H,21,23)/t15-,19+/m0/s1. The van der Waals surface area contributed by atoms with Gasteiger partial charge in [0.25, 0.3) is 5.91 Å². The van der Waals surface area contributed by atoms with Gasteiger partial charge in [0.05, 0.1) is 0 Å². The fourth-order valence-electron chi connectivity index (χ4n) is 2.22. The minimum absolute atomic E-state index is 0.00486. The van der Waals surface area contributed by atoms with Gasteiger partial charge in [0.2, 0.25) is 5.72 Å². The normalized spacial score (nSPS) is 14.3. The Balaban J connectivity index is 2.62. The lowest BCUT2D eigenvalue weighted by Gasteiger charge is -2.32. The molecule has 0 aliphatic heterocycles. The van der Waals surface area contributed by atoms with E-state index in [1.807, 2.05) is 37.3 Å². The Morgan fingerprint density at radius 2 is 1.92 bits per heavy atom. The zero-order valence-electron chi connectivity index (χ0n) is 15.1. The maximum atomic E-state index is 12.5. The van der Waals surface area contributed by atoms with Crippen LogP contribution in [0.1, 0.15) is 32.8 Å². The largest absolute Gasteiger partial charge is 0.445 e. The van der Waals surface area contributed by atoms with Gasteiger partial charge in [-0.3, -0.25) is 10.1 Å². The zero-order valence-corrected chi connectivity index (χ0v) is 15.1. The summed E-state index contributed by atoms with van der Waals surface area (Å²) >= 11 is 0. The highest BCUT2D eigenvalue weighted by Crippen LogP contribution is 2.15. The highest BCUT2D eigenvalue weighted by Gasteiger charge is 2.42. The second-order valence-electron chi connectivity index (χ2n) is 6.33. The van der Waals surface area contributed by atoms with Crippen LogP contribution >= 0.6 is 0 Å². The number of nitrogens with one attached hydrogen (secondary N) is 2. The molecule has 138 valence electrons. The molecule has 1 aromatic carbocycles. The zero-order chi connectivity index (χ0) is 18.9. The topological polar surface area (TPSA) is 87.7 Å². The van der Waals surface area contributed by atoms with Crippen molar-refractivity contribution < 1.29 is 19.4 Å². The van der Waals surface area contributed by atoms with E-state index in [0.29, 0.717) is 6.42 Å². The number of ether oxygens (including phenoxy) is 1. The maximum absolute atomic E-state index is 12.5. The van der Waals surface area contributed by atoms with Gasteiger partial charge in [-0.15, -0.1) is 0 Å². The molecule has 0 bridgehead atoms. The van der Waals surface area contributed by atoms with E-state index in [2.05, 4.69) is 17.2 Å². The lowest BCUT2D eigenvalue weighted by atomic mass is 9.97. The Bertz CT molecular complexity index is 574. The molecule has 3 N–H and O–H groups in total. The van der Waals surface area contributed by atoms with Crippen LogP contribution in [0.4, 0.5) is 4.79 Å². The molecule has 0 saturated carbocycles. The van der Waals surface area contributed by atoms with Gasteiger partial charge in [0.15, 0.2) is 0 Å². The van der Waals surface area contributed by atoms with Crippen molar-refractivity contribution in [3.63, 3.8) is 0 Å². The van der Waals surface area contributed by atoms with Crippen molar-refractivity contribution in [3.05, 3.63) is 48.6 Å². The summed E-state index contributed by atoms with van der Waals surface area (Å²) < 4.78 is 4.79. The average molecular weight is 348 g/mol. The number of carbonyl (C=O) groups is 2. The second-order valence-corrected chi connectivity index (χ2v) is 6.33. The maximum Gasteiger partial charge on any atom is 0.410 e. The number of aliphatic hydroxyl groups is 1. The van der Waals surface area contributed by atoms with Crippen LogP contribution in [-0.4, -0.2) is 35.5 Å². The molecule has 25 heavy (non-hydrogen) atoms. The predicted molar refractivity (Wildman–Crippen MR) is 96.8 cm³/mol. The molecule has 0 saturated heterocycles. The Morgan fingerprint density at radius 1 is 1.28 bits per heavy atom. The first-order valence-electron chi connectivity index (χ1n) is 8.42. The van der Waals surface area contributed by atoms with Gasteiger partial charge in [0, 0.05) is 12.0 Å². The van der Waals surface area contributed by atoms with Crippen LogP contribution in [0.3, 0.4) is 0 Å². The van der Waals surface area contributed by atoms with E-state index >= 15 is 0 Å². The molecule has 1 rings (SSSR count). The van der Waals surface area contributed by atoms with Crippen LogP contribution in [0.25, 0.3) is 0 Å². The van der Waals surface area contributed by atoms with Crippen molar-refractivity contribution in [2.24, 2.45) is 5.92 Å². The number of aryl methyl sites for hydroxylation is 1. The van der Waals surface area contributed by atoms with Crippen molar-refractivity contribution in [1.29, 1.82) is 0 Å². The molecule has 0 aromatic heterocycles. The molecule has 1 aromatic rings. The monoisotopic (exact) mass is 348 g/mol. The van der Waals surface area contributed by atoms with E-state index in [9.17, 15) is 14.7 Å². The molecule has 2 amide bonds. The summed E-state index contributed by atoms with van der Waals surface area (Å²) in [5, 5.41) is 15.6. The van der Waals surface area contributed by atoms with Crippen LogP contribution in [0.2, 0.25) is 0 Å². The van der Waals surface area contributed by atoms with Crippen molar-refractivity contribution in [1.82, 2.24) is 10.6 Å². The molecule has 0 radical (unpaired) electrons. The molecule has 6 nitrogen and oxygen atoms in total. The van der Waals surface area contributed by atoms with Crippen molar-refractivity contribution in [2.75, 3.05) is 6.61 Å². The molecular weight excluding hydrogens is 320 g/mol. The first kappa shape index (κ1) is 20.7. The van der Waals surface area contributed by atoms with Crippen molar-refractivity contribution in [2.45, 2.75) is 45.4 Å². The number of amides is 2. The van der Waals surface area contributed by atoms with Crippen LogP contribution < -0.4 is 10.6 Å². The average Bonchev–Trinajstić information content (AvgIpc) is 2.58. The van der Waals surface area contributed by atoms with Crippen molar-refractivity contribution >= 4 is 12.0 Å². The van der Waals surface area contributed by atoms with Crippen LogP contribution in [0.15, 0.2) is 43.0 Å². The third-order valence-electron chi connectivity index (χ3n) is 3.89. The smallest absolute Gasteiger partial charge is 0.410 e. The van der Waals surface area contributed by atoms with Crippen LogP contribution in [-0.2, 0) is 16.0 Å². The predicted octanol–water partition coefficient (Wildman–Crippen LogP) is 2.38. The van der Waals surface area contributed by atoms with E-state index in [1.54, 1.807) is 13.8 Å². The Labute approximate surface area is 149 Å². The highest BCUT2D eigenvalue weighted by molar-refractivity contribution is 5.88. The van der Waals surface area contributed by atoms with Crippen LogP contribution in [0, 0.1) is 5.92 Å². The molecule has 6 heteroatoms. The molecular formula is C19H28N2O4. The van der Waals surface area contributed by atoms with Gasteiger partial charge in [0.1, 0.15) is 6.61 Å². The number of alkyl carbamates (subject to hydrolysis) is 1. The quantitative estimate of drug-likeness (QED) is 0.472. The summed E-state index contributed by atoms with van der Waals surface area (Å²) in [6, 6.07) is 9.77. The van der Waals surface area contributed by atoms with E-state index in [1.165, 1.54) is 11.6 Å². The van der Waals surface area contributed by atoms with E-state index in [0.717, 1.165) is 6.42 Å². The summed E-state index contributed by atoms with van der Waals surface area (Å²) in [4.78, 5) is 24.2. The molecule has 0 heterocycles. The molecule has 0 fully saturated rings. The van der Waals surface area contributed by atoms with Crippen molar-refractivity contribution in [3.8, 4) is 0 Å². The third-order valence-corrected chi connectivity index (χ3v) is 3.89. The number of rotatable bonds is 9. The minimum Gasteiger partial charge on any atom is -0.445 e. The van der Waals surface area contributed by atoms with E-state index < -0.39 is 23.6 Å². The van der Waals surface area contributed by atoms with Gasteiger partial charge >= 0.3 is 6.09 Å². The van der Waals surface area contributed by atoms with Gasteiger partial charge in [-0.05, 0) is 25.3 Å². The minimum atomic E-state index is -2.04. The summed E-state index contributed by atoms with van der Waals surface area (Å²) in [6.07, 6.45) is 2.05. The summed E-state index contributed by atoms with van der Waals surface area (Å²) in [6.45, 7) is 8.57. The Morgan fingerprint density at radius 3 is 2.48 bits per heavy atom. The second kappa shape index (κ2) is 9.84. The highest BCUT2D eigenvalue weighted by atomic mass is 16.6. The lowest BCUT2D eigenvalue weighted by molar-refractivity contribution is -0.149. The summed E-state index contributed by atoms with van der Waals surface area (Å²) in [5.41, 5.74) is -0.868. The third kappa shape index (κ3) is 6.58. The first-order valence-corrected chi connectivity index (χ1v) is 8.42. The number of benzene rings is 1. The molecule has 0 aliphatic carbocycles. The fourth-order valence-corrected chi connectivity index (χ4v) is 2.22. The van der Waals surface area contributed by atoms with Gasteiger partial charge in [-0.2, -0.15) is 0 Å². The first-order chi connectivity index (χ1) is 11.8. The SMILES string of the molecule is C=CCOC(=O)N[C@](O)(C(=O)N[C@@H](C)CCc1ccccc1)C(C)C. The number of hydrogen-bond acceptors (Lipinski definition) is 4. The number of hydrogen-bond donors (Lipinski definition) is 3. The molecule has 0 aliphatic rings. The Kier molecular flexibility index (Phi) is 8.15. The summed E-state index contributed by atoms with van der Waals surface area (Å²) in [7, 11) is 0. The van der Waals surface area contributed by atoms with Gasteiger partial charge < -0.3 is 15.2 Å². The Hall–Kier alpha value is -2.34. The van der Waals surface area contributed by atoms with E-state index in [4.69, 9.17) is 4.74 Å². The van der Waals surface area contributed by atoms with Crippen LogP contribution in [0.5, 0.6) is 0 Å². The lowest BCUT2D eigenvalue weighted by Crippen LogP contribution is -2.63. The molecule has 0 spiro atoms. The molecule has 0 unspecified atom stereocenters. The van der Waals surface area contributed by atoms with Gasteiger partial charge in [-0.1, -0.05) is 56.8 Å². The van der Waals surface area contributed by atoms with Gasteiger partial charge in [-0.25, -0.2) is 4.79 Å². The fraction of sp³-hybridized carbons (Fsp3) is 0.474. The van der Waals surface area contributed by atoms with E-state index in [-0.39, 0.29) is 12.6 Å². The molecule has 2 atom stereocenters. The number of carbonyl (C=O) groups excluding carboxylic acids is 2. The summed E-state index contributed by atoms with van der Waals surface area (Å²) in [5.74, 6) is -1.19.